The lowest BCUT2D eigenvalue weighted by atomic mass is 10.2. The fourth-order valence-electron chi connectivity index (χ4n) is 1.45. The van der Waals surface area contributed by atoms with Gasteiger partial charge in [0.1, 0.15) is 11.6 Å². The van der Waals surface area contributed by atoms with Gasteiger partial charge in [-0.3, -0.25) is 4.79 Å². The normalized spacial score (nSPS) is 22.1. The van der Waals surface area contributed by atoms with E-state index in [2.05, 4.69) is 16.0 Å². The molecule has 0 aromatic rings. The highest BCUT2D eigenvalue weighted by atomic mass is 16.6. The molecule has 0 aromatic heterocycles. The predicted molar refractivity (Wildman–Crippen MR) is 63.7 cm³/mol. The van der Waals surface area contributed by atoms with Crippen LogP contribution < -0.4 is 16.0 Å². The molecule has 17 heavy (non-hydrogen) atoms. The summed E-state index contributed by atoms with van der Waals surface area (Å²) in [5, 5.41) is 8.42. The molecule has 1 atom stereocenters. The zero-order chi connectivity index (χ0) is 12.9. The Morgan fingerprint density at radius 1 is 1.41 bits per heavy atom. The maximum absolute atomic E-state index is 11.6. The number of alkyl carbamates (subject to hydrolysis) is 1. The Bertz CT molecular complexity index is 286. The van der Waals surface area contributed by atoms with Gasteiger partial charge in [0.05, 0.1) is 0 Å². The number of amides is 2. The van der Waals surface area contributed by atoms with E-state index in [0.717, 1.165) is 13.0 Å². The zero-order valence-corrected chi connectivity index (χ0v) is 10.6. The van der Waals surface area contributed by atoms with Crippen molar-refractivity contribution in [3.8, 4) is 0 Å². The Kier molecular flexibility index (Phi) is 4.74. The van der Waals surface area contributed by atoms with Gasteiger partial charge in [-0.25, -0.2) is 4.79 Å². The Balaban J connectivity index is 2.47. The molecule has 98 valence electrons. The maximum Gasteiger partial charge on any atom is 0.408 e. The highest BCUT2D eigenvalue weighted by Gasteiger charge is 2.24. The van der Waals surface area contributed by atoms with Crippen molar-refractivity contribution in [1.82, 2.24) is 16.0 Å². The first-order valence-electron chi connectivity index (χ1n) is 5.86. The minimum atomic E-state index is -0.579. The lowest BCUT2D eigenvalue weighted by molar-refractivity contribution is -0.123. The molecule has 0 aliphatic carbocycles. The van der Waals surface area contributed by atoms with Gasteiger partial charge in [-0.2, -0.15) is 0 Å². The van der Waals surface area contributed by atoms with Crippen LogP contribution in [0.3, 0.4) is 0 Å². The third-order valence-corrected chi connectivity index (χ3v) is 2.19. The van der Waals surface area contributed by atoms with Crippen molar-refractivity contribution >= 4 is 12.0 Å². The molecule has 2 amide bonds. The molecule has 1 saturated heterocycles. The Morgan fingerprint density at radius 3 is 2.76 bits per heavy atom. The summed E-state index contributed by atoms with van der Waals surface area (Å²) >= 11 is 0. The molecule has 0 unspecified atom stereocenters. The van der Waals surface area contributed by atoms with E-state index in [0.29, 0.717) is 13.1 Å². The van der Waals surface area contributed by atoms with Crippen molar-refractivity contribution in [3.63, 3.8) is 0 Å². The van der Waals surface area contributed by atoms with Crippen LogP contribution in [0.1, 0.15) is 27.2 Å². The monoisotopic (exact) mass is 243 g/mol. The number of ether oxygens (including phenoxy) is 1. The van der Waals surface area contributed by atoms with Gasteiger partial charge in [-0.05, 0) is 33.7 Å². The summed E-state index contributed by atoms with van der Waals surface area (Å²) in [7, 11) is 0. The first-order chi connectivity index (χ1) is 7.88. The number of hydrogen-bond donors (Lipinski definition) is 3. The van der Waals surface area contributed by atoms with Crippen LogP contribution in [0.2, 0.25) is 0 Å². The van der Waals surface area contributed by atoms with E-state index < -0.39 is 17.7 Å². The molecule has 0 bridgehead atoms. The Labute approximate surface area is 101 Å². The molecule has 1 heterocycles. The van der Waals surface area contributed by atoms with Crippen molar-refractivity contribution in [2.75, 3.05) is 19.6 Å². The van der Waals surface area contributed by atoms with Crippen LogP contribution in [0.15, 0.2) is 0 Å². The molecule has 0 saturated carbocycles. The lowest BCUT2D eigenvalue weighted by Gasteiger charge is -2.24. The van der Waals surface area contributed by atoms with E-state index in [1.54, 1.807) is 20.8 Å². The van der Waals surface area contributed by atoms with Gasteiger partial charge in [-0.15, -0.1) is 0 Å². The summed E-state index contributed by atoms with van der Waals surface area (Å²) in [4.78, 5) is 23.2. The van der Waals surface area contributed by atoms with Gasteiger partial charge in [0.15, 0.2) is 0 Å². The van der Waals surface area contributed by atoms with Gasteiger partial charge in [0.25, 0.3) is 0 Å². The number of carbonyl (C=O) groups is 2. The zero-order valence-electron chi connectivity index (χ0n) is 10.6. The summed E-state index contributed by atoms with van der Waals surface area (Å²) in [6.45, 7) is 7.21. The van der Waals surface area contributed by atoms with Crippen LogP contribution in [0.5, 0.6) is 0 Å². The summed E-state index contributed by atoms with van der Waals surface area (Å²) < 4.78 is 5.10. The third kappa shape index (κ3) is 5.53. The van der Waals surface area contributed by atoms with E-state index >= 15 is 0 Å². The fourth-order valence-corrected chi connectivity index (χ4v) is 1.45. The molecule has 1 aliphatic rings. The summed E-state index contributed by atoms with van der Waals surface area (Å²) in [5.41, 5.74) is -0.560. The van der Waals surface area contributed by atoms with E-state index in [9.17, 15) is 9.59 Å². The Hall–Kier alpha value is -1.30. The van der Waals surface area contributed by atoms with Crippen LogP contribution >= 0.6 is 0 Å². The highest BCUT2D eigenvalue weighted by molar-refractivity contribution is 5.85. The first kappa shape index (κ1) is 13.8. The fraction of sp³-hybridized carbons (Fsp3) is 0.818. The molecule has 1 fully saturated rings. The largest absolute Gasteiger partial charge is 0.444 e. The van der Waals surface area contributed by atoms with Crippen LogP contribution in [-0.4, -0.2) is 43.3 Å². The Morgan fingerprint density at radius 2 is 2.12 bits per heavy atom. The quantitative estimate of drug-likeness (QED) is 0.605. The second kappa shape index (κ2) is 5.86. The molecular formula is C11H21N3O3. The van der Waals surface area contributed by atoms with Crippen molar-refractivity contribution in [2.24, 2.45) is 0 Å². The minimum absolute atomic E-state index is 0.178. The van der Waals surface area contributed by atoms with Crippen molar-refractivity contribution in [1.29, 1.82) is 0 Å². The number of nitrogens with one attached hydrogen (secondary N) is 3. The topological polar surface area (TPSA) is 79.5 Å². The van der Waals surface area contributed by atoms with Gasteiger partial charge >= 0.3 is 6.09 Å². The van der Waals surface area contributed by atoms with Crippen LogP contribution in [0.4, 0.5) is 4.79 Å². The van der Waals surface area contributed by atoms with E-state index in [-0.39, 0.29) is 5.91 Å². The molecule has 0 spiro atoms. The van der Waals surface area contributed by atoms with Gasteiger partial charge in [0, 0.05) is 13.1 Å². The molecule has 0 aromatic carbocycles. The second-order valence-corrected chi connectivity index (χ2v) is 5.05. The standard InChI is InChI=1S/C11H21N3O3/c1-11(2,3)17-10(16)14-8-7-12-5-4-6-13-9(8)15/h8,12H,4-7H2,1-3H3,(H,13,15)(H,14,16)/t8-/m0/s1. The van der Waals surface area contributed by atoms with Crippen LogP contribution in [0, 0.1) is 0 Å². The average Bonchev–Trinajstić information content (AvgIpc) is 2.15. The molecular weight excluding hydrogens is 222 g/mol. The third-order valence-electron chi connectivity index (χ3n) is 2.19. The SMILES string of the molecule is CC(C)(C)OC(=O)N[C@H]1CNCCCNC1=O. The number of rotatable bonds is 1. The molecule has 3 N–H and O–H groups in total. The van der Waals surface area contributed by atoms with E-state index in [1.807, 2.05) is 0 Å². The molecule has 6 nitrogen and oxygen atoms in total. The molecule has 1 rings (SSSR count). The number of hydrogen-bond acceptors (Lipinski definition) is 4. The summed E-state index contributed by atoms with van der Waals surface area (Å²) in [6, 6.07) is -0.579. The smallest absolute Gasteiger partial charge is 0.408 e. The lowest BCUT2D eigenvalue weighted by Crippen LogP contribution is -2.54. The predicted octanol–water partition coefficient (Wildman–Crippen LogP) is -0.0108. The van der Waals surface area contributed by atoms with Gasteiger partial charge in [0.2, 0.25) is 5.91 Å². The molecule has 0 radical (unpaired) electrons. The summed E-state index contributed by atoms with van der Waals surface area (Å²) in [5.74, 6) is -0.178. The highest BCUT2D eigenvalue weighted by Crippen LogP contribution is 2.06. The van der Waals surface area contributed by atoms with Crippen LogP contribution in [0.25, 0.3) is 0 Å². The second-order valence-electron chi connectivity index (χ2n) is 5.05. The average molecular weight is 243 g/mol. The number of carbonyl (C=O) groups excluding carboxylic acids is 2. The van der Waals surface area contributed by atoms with Gasteiger partial charge < -0.3 is 20.7 Å². The minimum Gasteiger partial charge on any atom is -0.444 e. The van der Waals surface area contributed by atoms with Crippen molar-refractivity contribution < 1.29 is 14.3 Å². The summed E-state index contributed by atoms with van der Waals surface area (Å²) in [6.07, 6.45) is 0.324. The molecule has 1 aliphatic heterocycles. The van der Waals surface area contributed by atoms with Crippen molar-refractivity contribution in [3.05, 3.63) is 0 Å². The maximum atomic E-state index is 11.6. The van der Waals surface area contributed by atoms with E-state index in [1.165, 1.54) is 0 Å². The first-order valence-corrected chi connectivity index (χ1v) is 5.86. The van der Waals surface area contributed by atoms with Crippen molar-refractivity contribution in [2.45, 2.75) is 38.8 Å². The van der Waals surface area contributed by atoms with E-state index in [4.69, 9.17) is 4.74 Å². The van der Waals surface area contributed by atoms with Crippen LogP contribution in [-0.2, 0) is 9.53 Å². The molecule has 6 heteroatoms. The van der Waals surface area contributed by atoms with Gasteiger partial charge in [-0.1, -0.05) is 0 Å².